The SMILES string of the molecule is CN1CCC[C@@H](CNC(=O)c2nccn3ccnc23)[C@H]1c1ccccc1. The highest BCUT2D eigenvalue weighted by Crippen LogP contribution is 2.34. The number of aromatic nitrogens is 3. The summed E-state index contributed by atoms with van der Waals surface area (Å²) >= 11 is 0. The van der Waals surface area contributed by atoms with Gasteiger partial charge in [-0.3, -0.25) is 9.69 Å². The van der Waals surface area contributed by atoms with Crippen molar-refractivity contribution in [3.63, 3.8) is 0 Å². The molecule has 0 radical (unpaired) electrons. The van der Waals surface area contributed by atoms with E-state index in [1.165, 1.54) is 5.56 Å². The van der Waals surface area contributed by atoms with Crippen LogP contribution < -0.4 is 5.32 Å². The molecular weight excluding hydrogens is 326 g/mol. The summed E-state index contributed by atoms with van der Waals surface area (Å²) in [6.07, 6.45) is 9.16. The third-order valence-corrected chi connectivity index (χ3v) is 5.20. The van der Waals surface area contributed by atoms with E-state index < -0.39 is 0 Å². The summed E-state index contributed by atoms with van der Waals surface area (Å²) in [7, 11) is 2.17. The largest absolute Gasteiger partial charge is 0.350 e. The molecule has 3 aromatic rings. The van der Waals surface area contributed by atoms with Gasteiger partial charge in [-0.15, -0.1) is 0 Å². The number of rotatable bonds is 4. The van der Waals surface area contributed by atoms with Crippen LogP contribution in [0.1, 0.15) is 34.9 Å². The van der Waals surface area contributed by atoms with Crippen molar-refractivity contribution < 1.29 is 4.79 Å². The van der Waals surface area contributed by atoms with Gasteiger partial charge in [0.2, 0.25) is 0 Å². The first-order chi connectivity index (χ1) is 12.7. The minimum atomic E-state index is -0.165. The van der Waals surface area contributed by atoms with E-state index in [9.17, 15) is 4.79 Å². The Morgan fingerprint density at radius 1 is 1.19 bits per heavy atom. The van der Waals surface area contributed by atoms with Gasteiger partial charge in [0.05, 0.1) is 0 Å². The van der Waals surface area contributed by atoms with Gasteiger partial charge in [-0.1, -0.05) is 30.3 Å². The van der Waals surface area contributed by atoms with Crippen LogP contribution >= 0.6 is 0 Å². The average Bonchev–Trinajstić information content (AvgIpc) is 3.15. The lowest BCUT2D eigenvalue weighted by atomic mass is 9.85. The van der Waals surface area contributed by atoms with Gasteiger partial charge in [0.15, 0.2) is 11.3 Å². The van der Waals surface area contributed by atoms with E-state index in [2.05, 4.69) is 51.5 Å². The molecule has 0 unspecified atom stereocenters. The Kier molecular flexibility index (Phi) is 4.67. The first-order valence-electron chi connectivity index (χ1n) is 9.05. The molecule has 2 aromatic heterocycles. The number of imidazole rings is 1. The summed E-state index contributed by atoms with van der Waals surface area (Å²) in [6.45, 7) is 1.71. The molecule has 26 heavy (non-hydrogen) atoms. The number of likely N-dealkylation sites (tertiary alicyclic amines) is 1. The van der Waals surface area contributed by atoms with E-state index in [4.69, 9.17) is 0 Å². The van der Waals surface area contributed by atoms with E-state index in [1.807, 2.05) is 16.7 Å². The van der Waals surface area contributed by atoms with Gasteiger partial charge >= 0.3 is 0 Å². The van der Waals surface area contributed by atoms with Gasteiger partial charge in [-0.05, 0) is 37.9 Å². The van der Waals surface area contributed by atoms with E-state index in [0.29, 0.717) is 29.8 Å². The quantitative estimate of drug-likeness (QED) is 0.786. The summed E-state index contributed by atoms with van der Waals surface area (Å²) in [4.78, 5) is 23.5. The van der Waals surface area contributed by atoms with Gasteiger partial charge < -0.3 is 9.72 Å². The second kappa shape index (κ2) is 7.25. The highest BCUT2D eigenvalue weighted by atomic mass is 16.1. The molecule has 1 aromatic carbocycles. The monoisotopic (exact) mass is 349 g/mol. The fourth-order valence-electron chi connectivity index (χ4n) is 3.97. The molecule has 1 amide bonds. The van der Waals surface area contributed by atoms with Gasteiger partial charge in [0.1, 0.15) is 0 Å². The Morgan fingerprint density at radius 2 is 1.96 bits per heavy atom. The summed E-state index contributed by atoms with van der Waals surface area (Å²) in [5.41, 5.74) is 2.27. The first-order valence-corrected chi connectivity index (χ1v) is 9.05. The zero-order valence-electron chi connectivity index (χ0n) is 14.9. The molecule has 1 saturated heterocycles. The molecule has 134 valence electrons. The van der Waals surface area contributed by atoms with E-state index in [-0.39, 0.29) is 5.91 Å². The molecule has 1 aliphatic rings. The van der Waals surface area contributed by atoms with Crippen LogP contribution in [-0.4, -0.2) is 45.3 Å². The maximum absolute atomic E-state index is 12.7. The normalized spacial score (nSPS) is 21.0. The van der Waals surface area contributed by atoms with Crippen LogP contribution in [0, 0.1) is 5.92 Å². The predicted molar refractivity (Wildman–Crippen MR) is 99.9 cm³/mol. The second-order valence-corrected chi connectivity index (χ2v) is 6.88. The molecule has 4 rings (SSSR count). The number of hydrogen-bond donors (Lipinski definition) is 1. The molecule has 1 N–H and O–H groups in total. The van der Waals surface area contributed by atoms with Crippen molar-refractivity contribution >= 4 is 11.6 Å². The fourth-order valence-corrected chi connectivity index (χ4v) is 3.97. The summed E-state index contributed by atoms with van der Waals surface area (Å²) in [6, 6.07) is 10.9. The number of amides is 1. The molecule has 2 atom stereocenters. The molecule has 0 saturated carbocycles. The van der Waals surface area contributed by atoms with E-state index in [1.54, 1.807) is 18.6 Å². The first kappa shape index (κ1) is 16.7. The minimum Gasteiger partial charge on any atom is -0.350 e. The number of fused-ring (bicyclic) bond motifs is 1. The average molecular weight is 349 g/mol. The van der Waals surface area contributed by atoms with Crippen LogP contribution in [0.2, 0.25) is 0 Å². The minimum absolute atomic E-state index is 0.165. The summed E-state index contributed by atoms with van der Waals surface area (Å²) < 4.78 is 1.81. The Hall–Kier alpha value is -2.73. The molecule has 0 aliphatic carbocycles. The molecule has 0 spiro atoms. The van der Waals surface area contributed by atoms with Crippen molar-refractivity contribution in [3.8, 4) is 0 Å². The van der Waals surface area contributed by atoms with Crippen molar-refractivity contribution in [2.45, 2.75) is 18.9 Å². The van der Waals surface area contributed by atoms with Gasteiger partial charge in [-0.25, -0.2) is 9.97 Å². The van der Waals surface area contributed by atoms with Crippen LogP contribution in [-0.2, 0) is 0 Å². The lowest BCUT2D eigenvalue weighted by Gasteiger charge is -2.39. The van der Waals surface area contributed by atoms with Crippen molar-refractivity contribution in [1.82, 2.24) is 24.6 Å². The van der Waals surface area contributed by atoms with E-state index >= 15 is 0 Å². The summed E-state index contributed by atoms with van der Waals surface area (Å²) in [5.74, 6) is 0.210. The van der Waals surface area contributed by atoms with Crippen LogP contribution in [0.3, 0.4) is 0 Å². The zero-order valence-corrected chi connectivity index (χ0v) is 14.9. The molecule has 0 bridgehead atoms. The van der Waals surface area contributed by atoms with Crippen molar-refractivity contribution in [3.05, 3.63) is 66.4 Å². The highest BCUT2D eigenvalue weighted by molar-refractivity contribution is 5.97. The van der Waals surface area contributed by atoms with Crippen LogP contribution in [0.4, 0.5) is 0 Å². The molecule has 1 aliphatic heterocycles. The van der Waals surface area contributed by atoms with Crippen LogP contribution in [0.5, 0.6) is 0 Å². The predicted octanol–water partition coefficient (Wildman–Crippen LogP) is 2.54. The number of carbonyl (C=O) groups excluding carboxylic acids is 1. The van der Waals surface area contributed by atoms with Crippen LogP contribution in [0.25, 0.3) is 5.65 Å². The maximum atomic E-state index is 12.7. The molecular formula is C20H23N5O. The van der Waals surface area contributed by atoms with Crippen molar-refractivity contribution in [1.29, 1.82) is 0 Å². The van der Waals surface area contributed by atoms with Gasteiger partial charge in [-0.2, -0.15) is 0 Å². The Morgan fingerprint density at radius 3 is 2.77 bits per heavy atom. The Balaban J connectivity index is 1.50. The molecule has 3 heterocycles. The number of piperidine rings is 1. The van der Waals surface area contributed by atoms with Crippen LogP contribution in [0.15, 0.2) is 55.1 Å². The third kappa shape index (κ3) is 3.20. The highest BCUT2D eigenvalue weighted by Gasteiger charge is 2.30. The number of nitrogens with zero attached hydrogens (tertiary/aromatic N) is 4. The molecule has 6 heteroatoms. The van der Waals surface area contributed by atoms with Gasteiger partial charge in [0, 0.05) is 37.4 Å². The van der Waals surface area contributed by atoms with Gasteiger partial charge in [0.25, 0.3) is 5.91 Å². The lowest BCUT2D eigenvalue weighted by molar-refractivity contribution is 0.0888. The zero-order chi connectivity index (χ0) is 17.9. The van der Waals surface area contributed by atoms with Crippen molar-refractivity contribution in [2.24, 2.45) is 5.92 Å². The second-order valence-electron chi connectivity index (χ2n) is 6.88. The third-order valence-electron chi connectivity index (χ3n) is 5.20. The van der Waals surface area contributed by atoms with Crippen molar-refractivity contribution in [2.75, 3.05) is 20.1 Å². The molecule has 1 fully saturated rings. The number of benzene rings is 1. The Bertz CT molecular complexity index is 891. The maximum Gasteiger partial charge on any atom is 0.273 e. The lowest BCUT2D eigenvalue weighted by Crippen LogP contribution is -2.42. The number of nitrogens with one attached hydrogen (secondary N) is 1. The number of hydrogen-bond acceptors (Lipinski definition) is 4. The topological polar surface area (TPSA) is 62.5 Å². The Labute approximate surface area is 152 Å². The van der Waals surface area contributed by atoms with E-state index in [0.717, 1.165) is 19.4 Å². The smallest absolute Gasteiger partial charge is 0.273 e. The molecule has 6 nitrogen and oxygen atoms in total. The standard InChI is InChI=1S/C20H23N5O/c1-24-11-5-8-16(18(24)15-6-3-2-4-7-15)14-23-20(26)17-19-22-10-13-25(19)12-9-21-17/h2-4,6-7,9-10,12-13,16,18H,5,8,11,14H2,1H3,(H,23,26)/t16-,18+/m0/s1. The number of carbonyl (C=O) groups is 1. The summed E-state index contributed by atoms with van der Waals surface area (Å²) in [5, 5.41) is 3.09. The fraction of sp³-hybridized carbons (Fsp3) is 0.350.